The second-order valence-electron chi connectivity index (χ2n) is 8.17. The van der Waals surface area contributed by atoms with Crippen molar-refractivity contribution >= 4 is 29.9 Å². The molecule has 2 aliphatic carbocycles. The molecule has 1 saturated heterocycles. The van der Waals surface area contributed by atoms with Crippen molar-refractivity contribution in [3.05, 3.63) is 0 Å². The van der Waals surface area contributed by atoms with E-state index >= 15 is 0 Å². The molecule has 2 saturated carbocycles. The predicted octanol–water partition coefficient (Wildman–Crippen LogP) is 1.75. The normalized spacial score (nSPS) is 32.2. The van der Waals surface area contributed by atoms with Gasteiger partial charge in [-0.15, -0.1) is 24.0 Å². The summed E-state index contributed by atoms with van der Waals surface area (Å²) < 4.78 is 6.03. The summed E-state index contributed by atoms with van der Waals surface area (Å²) in [5.41, 5.74) is 0.343. The second-order valence-corrected chi connectivity index (χ2v) is 8.17. The summed E-state index contributed by atoms with van der Waals surface area (Å²) in [5.74, 6) is 0.952. The van der Waals surface area contributed by atoms with Gasteiger partial charge in [-0.05, 0) is 40.3 Å². The highest BCUT2D eigenvalue weighted by Gasteiger charge is 2.56. The molecule has 0 radical (unpaired) electrons. The second kappa shape index (κ2) is 9.89. The molecule has 3 rings (SSSR count). The number of hydrogen-bond donors (Lipinski definition) is 2. The van der Waals surface area contributed by atoms with Crippen LogP contribution in [-0.2, 0) is 4.74 Å². The molecule has 6 nitrogen and oxygen atoms in total. The molecule has 0 bridgehead atoms. The highest BCUT2D eigenvalue weighted by atomic mass is 127. The van der Waals surface area contributed by atoms with Gasteiger partial charge in [-0.2, -0.15) is 0 Å². The summed E-state index contributed by atoms with van der Waals surface area (Å²) in [6.07, 6.45) is 6.82. The molecule has 3 atom stereocenters. The van der Waals surface area contributed by atoms with Crippen molar-refractivity contribution in [1.29, 1.82) is 0 Å². The number of rotatable bonds is 5. The smallest absolute Gasteiger partial charge is 0.191 e. The first-order valence-corrected chi connectivity index (χ1v) is 10.1. The van der Waals surface area contributed by atoms with Crippen LogP contribution in [0.2, 0.25) is 0 Å². The molecule has 1 aliphatic heterocycles. The minimum absolute atomic E-state index is 0. The Kier molecular flexibility index (Phi) is 8.43. The number of ether oxygens (including phenoxy) is 1. The molecule has 3 fully saturated rings. The van der Waals surface area contributed by atoms with Crippen LogP contribution in [0.1, 0.15) is 39.0 Å². The number of likely N-dealkylation sites (N-methyl/N-ethyl adjacent to an activating group) is 2. The Morgan fingerprint density at radius 2 is 1.96 bits per heavy atom. The van der Waals surface area contributed by atoms with E-state index in [0.29, 0.717) is 23.6 Å². The van der Waals surface area contributed by atoms with Gasteiger partial charge in [0.1, 0.15) is 0 Å². The van der Waals surface area contributed by atoms with E-state index in [4.69, 9.17) is 4.74 Å². The summed E-state index contributed by atoms with van der Waals surface area (Å²) in [7, 11) is 6.31. The Morgan fingerprint density at radius 3 is 2.62 bits per heavy atom. The number of guanidine groups is 1. The number of halogens is 1. The van der Waals surface area contributed by atoms with Gasteiger partial charge in [0.25, 0.3) is 0 Å². The standard InChI is InChI=1S/C19H37N5O.HI/c1-5-25-17-12-16(19(17)8-6-7-9-19)22-18(20-2)21-13-15-14-23(3)10-11-24(15)4;/h15-17H,5-14H2,1-4H3,(H2,20,21,22);1H. The summed E-state index contributed by atoms with van der Waals surface area (Å²) >= 11 is 0. The average molecular weight is 479 g/mol. The maximum absolute atomic E-state index is 6.03. The molecule has 3 aliphatic rings. The van der Waals surface area contributed by atoms with E-state index in [1.54, 1.807) is 0 Å². The Labute approximate surface area is 176 Å². The van der Waals surface area contributed by atoms with Gasteiger partial charge in [-0.25, -0.2) is 0 Å². The first-order valence-electron chi connectivity index (χ1n) is 10.1. The lowest BCUT2D eigenvalue weighted by Gasteiger charge is -2.54. The average Bonchev–Trinajstić information content (AvgIpc) is 3.12. The number of nitrogens with one attached hydrogen (secondary N) is 2. The number of hydrogen-bond acceptors (Lipinski definition) is 4. The Hall–Kier alpha value is -0.120. The largest absolute Gasteiger partial charge is 0.378 e. The summed E-state index contributed by atoms with van der Waals surface area (Å²) in [6.45, 7) is 7.28. The molecule has 152 valence electrons. The number of aliphatic imine (C=N–C) groups is 1. The van der Waals surface area contributed by atoms with Crippen molar-refractivity contribution in [3.63, 3.8) is 0 Å². The highest BCUT2D eigenvalue weighted by Crippen LogP contribution is 2.54. The molecule has 7 heteroatoms. The van der Waals surface area contributed by atoms with E-state index in [1.807, 2.05) is 7.05 Å². The first kappa shape index (κ1) is 22.2. The third-order valence-electron chi connectivity index (χ3n) is 6.71. The van der Waals surface area contributed by atoms with Crippen molar-refractivity contribution in [3.8, 4) is 0 Å². The van der Waals surface area contributed by atoms with Crippen LogP contribution in [0.15, 0.2) is 4.99 Å². The van der Waals surface area contributed by atoms with Gasteiger partial charge >= 0.3 is 0 Å². The van der Waals surface area contributed by atoms with Gasteiger partial charge in [0.05, 0.1) is 6.10 Å². The number of nitrogens with zero attached hydrogens (tertiary/aromatic N) is 3. The SMILES string of the molecule is CCOC1CC(NC(=NC)NCC2CN(C)CCN2C)C12CCCC2.I. The Morgan fingerprint density at radius 1 is 1.23 bits per heavy atom. The lowest BCUT2D eigenvalue weighted by atomic mass is 9.60. The van der Waals surface area contributed by atoms with Crippen molar-refractivity contribution in [1.82, 2.24) is 20.4 Å². The predicted molar refractivity (Wildman–Crippen MR) is 119 cm³/mol. The molecular weight excluding hydrogens is 441 g/mol. The van der Waals surface area contributed by atoms with Gasteiger partial charge < -0.3 is 20.3 Å². The van der Waals surface area contributed by atoms with Crippen molar-refractivity contribution < 1.29 is 4.74 Å². The lowest BCUT2D eigenvalue weighted by Crippen LogP contribution is -2.65. The van der Waals surface area contributed by atoms with Crippen LogP contribution < -0.4 is 10.6 Å². The van der Waals surface area contributed by atoms with E-state index in [-0.39, 0.29) is 24.0 Å². The van der Waals surface area contributed by atoms with E-state index in [0.717, 1.165) is 45.2 Å². The van der Waals surface area contributed by atoms with Gasteiger partial charge in [0, 0.05) is 57.3 Å². The van der Waals surface area contributed by atoms with Crippen LogP contribution in [-0.4, -0.2) is 87.9 Å². The molecule has 1 heterocycles. The lowest BCUT2D eigenvalue weighted by molar-refractivity contribution is -0.125. The van der Waals surface area contributed by atoms with E-state index < -0.39 is 0 Å². The first-order chi connectivity index (χ1) is 12.1. The fraction of sp³-hybridized carbons (Fsp3) is 0.947. The van der Waals surface area contributed by atoms with Crippen LogP contribution >= 0.6 is 24.0 Å². The van der Waals surface area contributed by atoms with Crippen molar-refractivity contribution in [2.24, 2.45) is 10.4 Å². The fourth-order valence-corrected chi connectivity index (χ4v) is 4.98. The summed E-state index contributed by atoms with van der Waals surface area (Å²) in [6, 6.07) is 1.04. The Bertz CT molecular complexity index is 469. The number of piperazine rings is 1. The molecule has 2 N–H and O–H groups in total. The van der Waals surface area contributed by atoms with Gasteiger partial charge in [-0.3, -0.25) is 9.89 Å². The third-order valence-corrected chi connectivity index (χ3v) is 6.71. The molecule has 26 heavy (non-hydrogen) atoms. The van der Waals surface area contributed by atoms with Crippen LogP contribution in [0.4, 0.5) is 0 Å². The summed E-state index contributed by atoms with van der Waals surface area (Å²) in [4.78, 5) is 9.35. The van der Waals surface area contributed by atoms with Crippen LogP contribution in [0.3, 0.4) is 0 Å². The van der Waals surface area contributed by atoms with Gasteiger partial charge in [0.2, 0.25) is 0 Å². The zero-order valence-corrected chi connectivity index (χ0v) is 19.3. The van der Waals surface area contributed by atoms with E-state index in [1.165, 1.54) is 25.7 Å². The fourth-order valence-electron chi connectivity index (χ4n) is 4.98. The third kappa shape index (κ3) is 4.64. The van der Waals surface area contributed by atoms with Crippen LogP contribution in [0.25, 0.3) is 0 Å². The minimum Gasteiger partial charge on any atom is -0.378 e. The monoisotopic (exact) mass is 479 g/mol. The molecule has 3 unspecified atom stereocenters. The molecule has 0 amide bonds. The Balaban J connectivity index is 0.00000243. The van der Waals surface area contributed by atoms with Crippen molar-refractivity contribution in [2.75, 3.05) is 53.9 Å². The maximum atomic E-state index is 6.03. The zero-order valence-electron chi connectivity index (χ0n) is 17.0. The van der Waals surface area contributed by atoms with Gasteiger partial charge in [0.15, 0.2) is 5.96 Å². The highest BCUT2D eigenvalue weighted by molar-refractivity contribution is 14.0. The van der Waals surface area contributed by atoms with E-state index in [2.05, 4.69) is 46.4 Å². The minimum atomic E-state index is 0. The van der Waals surface area contributed by atoms with Crippen LogP contribution in [0.5, 0.6) is 0 Å². The molecule has 0 aromatic carbocycles. The van der Waals surface area contributed by atoms with E-state index in [9.17, 15) is 0 Å². The molecular formula is C19H38IN5O. The molecule has 0 aromatic heterocycles. The molecule has 1 spiro atoms. The topological polar surface area (TPSA) is 52.1 Å². The van der Waals surface area contributed by atoms with Crippen molar-refractivity contribution in [2.45, 2.75) is 57.2 Å². The zero-order chi connectivity index (χ0) is 17.9. The summed E-state index contributed by atoms with van der Waals surface area (Å²) in [5, 5.41) is 7.29. The van der Waals surface area contributed by atoms with Gasteiger partial charge in [-0.1, -0.05) is 12.8 Å². The molecule has 0 aromatic rings. The maximum Gasteiger partial charge on any atom is 0.191 e. The quantitative estimate of drug-likeness (QED) is 0.358. The van der Waals surface area contributed by atoms with Crippen LogP contribution in [0, 0.1) is 5.41 Å².